The van der Waals surface area contributed by atoms with Crippen LogP contribution >= 0.6 is 0 Å². The highest BCUT2D eigenvalue weighted by Gasteiger charge is 2.13. The highest BCUT2D eigenvalue weighted by atomic mass is 16.6. The number of nitro benzene ring substituents is 1. The van der Waals surface area contributed by atoms with Gasteiger partial charge in [-0.15, -0.1) is 0 Å². The van der Waals surface area contributed by atoms with Gasteiger partial charge in [0.15, 0.2) is 0 Å². The molecule has 1 amide bonds. The predicted molar refractivity (Wildman–Crippen MR) is 83.7 cm³/mol. The summed E-state index contributed by atoms with van der Waals surface area (Å²) in [7, 11) is 0. The standard InChI is InChI=1S/C15H20N4O3/c1-12(13-6-5-7-14(10-13)19(21)22)16-17-15(20)11-18-8-3-2-4-9-18/h5-7,10H,2-4,8-9,11H2,1H3,(H,17,20)/b16-12-. The lowest BCUT2D eigenvalue weighted by Gasteiger charge is -2.25. The number of amides is 1. The Bertz CT molecular complexity index is 580. The van der Waals surface area contributed by atoms with Gasteiger partial charge in [-0.1, -0.05) is 18.6 Å². The Kier molecular flexibility index (Phi) is 5.60. The van der Waals surface area contributed by atoms with E-state index in [-0.39, 0.29) is 11.6 Å². The minimum atomic E-state index is -0.453. The van der Waals surface area contributed by atoms with Crippen molar-refractivity contribution in [1.29, 1.82) is 0 Å². The maximum absolute atomic E-state index is 11.9. The molecule has 0 aromatic heterocycles. The summed E-state index contributed by atoms with van der Waals surface area (Å²) in [4.78, 5) is 24.3. The van der Waals surface area contributed by atoms with Gasteiger partial charge in [-0.25, -0.2) is 5.43 Å². The van der Waals surface area contributed by atoms with Crippen molar-refractivity contribution in [3.05, 3.63) is 39.9 Å². The van der Waals surface area contributed by atoms with Gasteiger partial charge in [-0.2, -0.15) is 5.10 Å². The third kappa shape index (κ3) is 4.63. The molecule has 0 radical (unpaired) electrons. The molecule has 1 saturated heterocycles. The van der Waals surface area contributed by atoms with Gasteiger partial charge < -0.3 is 0 Å². The van der Waals surface area contributed by atoms with Gasteiger partial charge in [0.05, 0.1) is 17.2 Å². The van der Waals surface area contributed by atoms with Crippen molar-refractivity contribution >= 4 is 17.3 Å². The monoisotopic (exact) mass is 304 g/mol. The molecular weight excluding hydrogens is 284 g/mol. The van der Waals surface area contributed by atoms with Crippen molar-refractivity contribution in [2.45, 2.75) is 26.2 Å². The molecule has 7 nitrogen and oxygen atoms in total. The number of nitro groups is 1. The fourth-order valence-corrected chi connectivity index (χ4v) is 2.41. The van der Waals surface area contributed by atoms with Crippen LogP contribution in [0.2, 0.25) is 0 Å². The van der Waals surface area contributed by atoms with E-state index < -0.39 is 4.92 Å². The summed E-state index contributed by atoms with van der Waals surface area (Å²) in [6.07, 6.45) is 3.48. The molecule has 118 valence electrons. The Balaban J connectivity index is 1.92. The summed E-state index contributed by atoms with van der Waals surface area (Å²) in [5.74, 6) is -0.160. The van der Waals surface area contributed by atoms with Crippen LogP contribution in [0.1, 0.15) is 31.7 Å². The second-order valence-electron chi connectivity index (χ2n) is 5.38. The number of carbonyl (C=O) groups is 1. The molecule has 1 aliphatic heterocycles. The van der Waals surface area contributed by atoms with Gasteiger partial charge >= 0.3 is 0 Å². The SMILES string of the molecule is C/C(=N/NC(=O)CN1CCCCC1)c1cccc([N+](=O)[O-])c1. The molecule has 2 rings (SSSR count). The first kappa shape index (κ1) is 16.1. The molecule has 1 heterocycles. The van der Waals surface area contributed by atoms with E-state index in [1.807, 2.05) is 0 Å². The first-order chi connectivity index (χ1) is 10.6. The number of hydrazone groups is 1. The van der Waals surface area contributed by atoms with E-state index in [1.165, 1.54) is 18.6 Å². The molecule has 22 heavy (non-hydrogen) atoms. The van der Waals surface area contributed by atoms with E-state index >= 15 is 0 Å². The van der Waals surface area contributed by atoms with E-state index in [0.717, 1.165) is 25.9 Å². The van der Waals surface area contributed by atoms with Crippen LogP contribution in [-0.2, 0) is 4.79 Å². The molecule has 0 saturated carbocycles. The van der Waals surface area contributed by atoms with Crippen molar-refractivity contribution in [1.82, 2.24) is 10.3 Å². The molecule has 0 unspecified atom stereocenters. The van der Waals surface area contributed by atoms with Crippen LogP contribution in [0, 0.1) is 10.1 Å². The fraction of sp³-hybridized carbons (Fsp3) is 0.467. The minimum Gasteiger partial charge on any atom is -0.294 e. The summed E-state index contributed by atoms with van der Waals surface area (Å²) in [6.45, 7) is 3.94. The number of hydrogen-bond donors (Lipinski definition) is 1. The number of benzene rings is 1. The predicted octanol–water partition coefficient (Wildman–Crippen LogP) is 1.92. The van der Waals surface area contributed by atoms with Gasteiger partial charge in [0.25, 0.3) is 11.6 Å². The maximum Gasteiger partial charge on any atom is 0.270 e. The van der Waals surface area contributed by atoms with E-state index in [4.69, 9.17) is 0 Å². The molecular formula is C15H20N4O3. The molecule has 0 atom stereocenters. The van der Waals surface area contributed by atoms with Crippen molar-refractivity contribution in [2.24, 2.45) is 5.10 Å². The zero-order valence-corrected chi connectivity index (χ0v) is 12.6. The third-order valence-corrected chi connectivity index (χ3v) is 3.64. The summed E-state index contributed by atoms with van der Waals surface area (Å²) < 4.78 is 0. The maximum atomic E-state index is 11.9. The molecule has 1 aromatic rings. The van der Waals surface area contributed by atoms with Gasteiger partial charge in [0, 0.05) is 17.7 Å². The molecule has 7 heteroatoms. The largest absolute Gasteiger partial charge is 0.294 e. The van der Waals surface area contributed by atoms with Crippen LogP contribution in [0.4, 0.5) is 5.69 Å². The van der Waals surface area contributed by atoms with E-state index in [9.17, 15) is 14.9 Å². The van der Waals surface area contributed by atoms with Crippen LogP contribution in [0.25, 0.3) is 0 Å². The lowest BCUT2D eigenvalue weighted by Crippen LogP contribution is -2.38. The number of piperidine rings is 1. The zero-order valence-electron chi connectivity index (χ0n) is 12.6. The van der Waals surface area contributed by atoms with Gasteiger partial charge in [0.2, 0.25) is 0 Å². The molecule has 0 bridgehead atoms. The highest BCUT2D eigenvalue weighted by Crippen LogP contribution is 2.13. The number of rotatable bonds is 5. The lowest BCUT2D eigenvalue weighted by atomic mass is 10.1. The Morgan fingerprint density at radius 3 is 2.77 bits per heavy atom. The molecule has 1 aromatic carbocycles. The second-order valence-corrected chi connectivity index (χ2v) is 5.38. The Morgan fingerprint density at radius 1 is 1.36 bits per heavy atom. The average molecular weight is 304 g/mol. The van der Waals surface area contributed by atoms with Crippen LogP contribution in [0.15, 0.2) is 29.4 Å². The highest BCUT2D eigenvalue weighted by molar-refractivity contribution is 5.99. The number of likely N-dealkylation sites (tertiary alicyclic amines) is 1. The first-order valence-electron chi connectivity index (χ1n) is 7.36. The topological polar surface area (TPSA) is 87.8 Å². The number of nitrogens with zero attached hydrogens (tertiary/aromatic N) is 3. The summed E-state index contributed by atoms with van der Waals surface area (Å²) in [5.41, 5.74) is 3.68. The zero-order chi connectivity index (χ0) is 15.9. The molecule has 0 spiro atoms. The van der Waals surface area contributed by atoms with Crippen LogP contribution < -0.4 is 5.43 Å². The minimum absolute atomic E-state index is 0.00620. The van der Waals surface area contributed by atoms with Gasteiger partial charge in [-0.3, -0.25) is 19.8 Å². The Hall–Kier alpha value is -2.28. The summed E-state index contributed by atoms with van der Waals surface area (Å²) >= 11 is 0. The number of non-ortho nitro benzene ring substituents is 1. The Labute approximate surface area is 129 Å². The number of carbonyl (C=O) groups excluding carboxylic acids is 1. The van der Waals surface area contributed by atoms with Crippen molar-refractivity contribution < 1.29 is 9.72 Å². The lowest BCUT2D eigenvalue weighted by molar-refractivity contribution is -0.384. The van der Waals surface area contributed by atoms with Crippen LogP contribution in [0.3, 0.4) is 0 Å². The first-order valence-corrected chi connectivity index (χ1v) is 7.36. The van der Waals surface area contributed by atoms with E-state index in [2.05, 4.69) is 15.4 Å². The number of hydrogen-bond acceptors (Lipinski definition) is 5. The normalized spacial score (nSPS) is 16.3. The molecule has 0 aliphatic carbocycles. The fourth-order valence-electron chi connectivity index (χ4n) is 2.41. The summed E-state index contributed by atoms with van der Waals surface area (Å²) in [6, 6.07) is 6.19. The summed E-state index contributed by atoms with van der Waals surface area (Å²) in [5, 5.41) is 14.8. The van der Waals surface area contributed by atoms with Crippen LogP contribution in [0.5, 0.6) is 0 Å². The van der Waals surface area contributed by atoms with E-state index in [1.54, 1.807) is 19.1 Å². The second kappa shape index (κ2) is 7.65. The smallest absolute Gasteiger partial charge is 0.270 e. The van der Waals surface area contributed by atoms with Gasteiger partial charge in [0.1, 0.15) is 0 Å². The molecule has 1 fully saturated rings. The van der Waals surface area contributed by atoms with Crippen molar-refractivity contribution in [3.8, 4) is 0 Å². The van der Waals surface area contributed by atoms with Gasteiger partial charge in [-0.05, 0) is 32.9 Å². The number of nitrogens with one attached hydrogen (secondary N) is 1. The third-order valence-electron chi connectivity index (χ3n) is 3.64. The molecule has 1 N–H and O–H groups in total. The van der Waals surface area contributed by atoms with Crippen molar-refractivity contribution in [3.63, 3.8) is 0 Å². The average Bonchev–Trinajstić information content (AvgIpc) is 2.53. The molecule has 1 aliphatic rings. The Morgan fingerprint density at radius 2 is 2.09 bits per heavy atom. The van der Waals surface area contributed by atoms with E-state index in [0.29, 0.717) is 17.8 Å². The van der Waals surface area contributed by atoms with Crippen LogP contribution in [-0.4, -0.2) is 41.1 Å². The van der Waals surface area contributed by atoms with Crippen molar-refractivity contribution in [2.75, 3.05) is 19.6 Å². The quantitative estimate of drug-likeness (QED) is 0.511.